The summed E-state index contributed by atoms with van der Waals surface area (Å²) >= 11 is 0. The molecule has 0 atom stereocenters. The first-order valence-electron chi connectivity index (χ1n) is 6.68. The average Bonchev–Trinajstić information content (AvgIpc) is 2.89. The molecule has 0 fully saturated rings. The Morgan fingerprint density at radius 1 is 1.14 bits per heavy atom. The zero-order chi connectivity index (χ0) is 15.5. The summed E-state index contributed by atoms with van der Waals surface area (Å²) in [6.45, 7) is 0. The molecule has 0 saturated heterocycles. The van der Waals surface area contributed by atoms with Crippen molar-refractivity contribution < 1.29 is 13.9 Å². The molecule has 110 valence electrons. The van der Waals surface area contributed by atoms with Gasteiger partial charge in [-0.3, -0.25) is 4.79 Å². The Morgan fingerprint density at radius 2 is 1.86 bits per heavy atom. The third-order valence-electron chi connectivity index (χ3n) is 3.25. The highest BCUT2D eigenvalue weighted by molar-refractivity contribution is 6.19. The van der Waals surface area contributed by atoms with Gasteiger partial charge in [-0.1, -0.05) is 18.2 Å². The molecule has 2 aromatic rings. The van der Waals surface area contributed by atoms with Crippen LogP contribution in [0.1, 0.15) is 11.1 Å². The van der Waals surface area contributed by atoms with Crippen LogP contribution in [-0.2, 0) is 4.79 Å². The molecule has 0 aliphatic carbocycles. The molecule has 0 spiro atoms. The third kappa shape index (κ3) is 2.74. The number of rotatable bonds is 3. The van der Waals surface area contributed by atoms with Crippen molar-refractivity contribution in [2.75, 3.05) is 7.11 Å². The second kappa shape index (κ2) is 5.81. The molecule has 1 aliphatic heterocycles. The van der Waals surface area contributed by atoms with Gasteiger partial charge in [-0.25, -0.2) is 9.38 Å². The van der Waals surface area contributed by atoms with E-state index in [0.717, 1.165) is 5.56 Å². The van der Waals surface area contributed by atoms with Crippen LogP contribution in [0.3, 0.4) is 0 Å². The Balaban J connectivity index is 1.96. The fourth-order valence-corrected chi connectivity index (χ4v) is 2.15. The maximum atomic E-state index is 12.9. The SMILES string of the molecule is COc1ccccc1/C=C1\N=C(c2ccc(F)cc2)NC1=O. The zero-order valence-corrected chi connectivity index (χ0v) is 11.8. The summed E-state index contributed by atoms with van der Waals surface area (Å²) in [4.78, 5) is 16.3. The van der Waals surface area contributed by atoms with Crippen LogP contribution in [0.5, 0.6) is 5.75 Å². The normalized spacial score (nSPS) is 15.6. The highest BCUT2D eigenvalue weighted by Gasteiger charge is 2.21. The summed E-state index contributed by atoms with van der Waals surface area (Å²) in [5.41, 5.74) is 1.70. The molecule has 0 aromatic heterocycles. The Morgan fingerprint density at radius 3 is 2.59 bits per heavy atom. The monoisotopic (exact) mass is 296 g/mol. The summed E-state index contributed by atoms with van der Waals surface area (Å²) in [6, 6.07) is 13.1. The lowest BCUT2D eigenvalue weighted by atomic mass is 10.1. The second-order valence-electron chi connectivity index (χ2n) is 4.69. The van der Waals surface area contributed by atoms with Crippen molar-refractivity contribution in [3.8, 4) is 5.75 Å². The number of amides is 1. The van der Waals surface area contributed by atoms with Gasteiger partial charge in [0.2, 0.25) is 0 Å². The van der Waals surface area contributed by atoms with Crippen molar-refractivity contribution in [2.45, 2.75) is 0 Å². The number of nitrogens with zero attached hydrogens (tertiary/aromatic N) is 1. The zero-order valence-electron chi connectivity index (χ0n) is 11.8. The fraction of sp³-hybridized carbons (Fsp3) is 0.0588. The van der Waals surface area contributed by atoms with E-state index in [4.69, 9.17) is 4.74 Å². The first-order valence-corrected chi connectivity index (χ1v) is 6.68. The summed E-state index contributed by atoms with van der Waals surface area (Å²) in [7, 11) is 1.57. The molecule has 1 N–H and O–H groups in total. The number of hydrogen-bond donors (Lipinski definition) is 1. The molecule has 22 heavy (non-hydrogen) atoms. The maximum absolute atomic E-state index is 12.9. The van der Waals surface area contributed by atoms with E-state index in [1.807, 2.05) is 24.3 Å². The first-order chi connectivity index (χ1) is 10.7. The summed E-state index contributed by atoms with van der Waals surface area (Å²) in [5.74, 6) is 0.433. The number of para-hydroxylation sites is 1. The molecule has 1 amide bonds. The maximum Gasteiger partial charge on any atom is 0.275 e. The predicted octanol–water partition coefficient (Wildman–Crippen LogP) is 2.75. The van der Waals surface area contributed by atoms with Gasteiger partial charge in [-0.15, -0.1) is 0 Å². The molecule has 1 aliphatic rings. The Bertz CT molecular complexity index is 780. The van der Waals surface area contributed by atoms with Crippen LogP contribution in [0.4, 0.5) is 4.39 Å². The number of carbonyl (C=O) groups excluding carboxylic acids is 1. The van der Waals surface area contributed by atoms with Gasteiger partial charge in [0.1, 0.15) is 23.1 Å². The van der Waals surface area contributed by atoms with Crippen molar-refractivity contribution in [2.24, 2.45) is 4.99 Å². The Hall–Kier alpha value is -2.95. The standard InChI is InChI=1S/C17H13FN2O2/c1-22-15-5-3-2-4-12(15)10-14-17(21)20-16(19-14)11-6-8-13(18)9-7-11/h2-10H,1H3,(H,19,20,21)/b14-10-. The van der Waals surface area contributed by atoms with Crippen molar-refractivity contribution in [1.29, 1.82) is 0 Å². The van der Waals surface area contributed by atoms with Gasteiger partial charge in [0.15, 0.2) is 0 Å². The van der Waals surface area contributed by atoms with Crippen molar-refractivity contribution >= 4 is 17.8 Å². The molecule has 4 nitrogen and oxygen atoms in total. The molecule has 0 radical (unpaired) electrons. The van der Waals surface area contributed by atoms with E-state index < -0.39 is 0 Å². The van der Waals surface area contributed by atoms with Gasteiger partial charge in [-0.05, 0) is 36.4 Å². The topological polar surface area (TPSA) is 50.7 Å². The summed E-state index contributed by atoms with van der Waals surface area (Å²) in [5, 5.41) is 2.68. The van der Waals surface area contributed by atoms with Crippen LogP contribution in [0, 0.1) is 5.82 Å². The van der Waals surface area contributed by atoms with Crippen LogP contribution < -0.4 is 10.1 Å². The van der Waals surface area contributed by atoms with E-state index in [0.29, 0.717) is 17.1 Å². The molecule has 5 heteroatoms. The van der Waals surface area contributed by atoms with Crippen molar-refractivity contribution in [3.63, 3.8) is 0 Å². The van der Waals surface area contributed by atoms with E-state index in [1.54, 1.807) is 25.3 Å². The number of aliphatic imine (C=N–C) groups is 1. The molecule has 0 bridgehead atoms. The van der Waals surface area contributed by atoms with Crippen LogP contribution >= 0.6 is 0 Å². The molecule has 0 saturated carbocycles. The quantitative estimate of drug-likeness (QED) is 0.885. The van der Waals surface area contributed by atoms with E-state index in [2.05, 4.69) is 10.3 Å². The number of carbonyl (C=O) groups is 1. The van der Waals surface area contributed by atoms with Gasteiger partial charge in [0.05, 0.1) is 7.11 Å². The minimum absolute atomic E-state index is 0.281. The molecule has 0 unspecified atom stereocenters. The fourth-order valence-electron chi connectivity index (χ4n) is 2.15. The minimum Gasteiger partial charge on any atom is -0.496 e. The van der Waals surface area contributed by atoms with Crippen molar-refractivity contribution in [1.82, 2.24) is 5.32 Å². The smallest absolute Gasteiger partial charge is 0.275 e. The summed E-state index contributed by atoms with van der Waals surface area (Å²) < 4.78 is 18.2. The van der Waals surface area contributed by atoms with Crippen LogP contribution in [0.25, 0.3) is 6.08 Å². The minimum atomic E-state index is -0.335. The van der Waals surface area contributed by atoms with Crippen LogP contribution in [-0.4, -0.2) is 18.9 Å². The van der Waals surface area contributed by atoms with Gasteiger partial charge >= 0.3 is 0 Å². The number of halogens is 1. The third-order valence-corrected chi connectivity index (χ3v) is 3.25. The van der Waals surface area contributed by atoms with Crippen LogP contribution in [0.2, 0.25) is 0 Å². The summed E-state index contributed by atoms with van der Waals surface area (Å²) in [6.07, 6.45) is 1.66. The molecule has 1 heterocycles. The largest absolute Gasteiger partial charge is 0.496 e. The van der Waals surface area contributed by atoms with Gasteiger partial charge in [-0.2, -0.15) is 0 Å². The number of methoxy groups -OCH3 is 1. The van der Waals surface area contributed by atoms with E-state index in [1.165, 1.54) is 12.1 Å². The lowest BCUT2D eigenvalue weighted by Gasteiger charge is -2.03. The van der Waals surface area contributed by atoms with E-state index in [-0.39, 0.29) is 17.4 Å². The van der Waals surface area contributed by atoms with Crippen molar-refractivity contribution in [3.05, 3.63) is 71.2 Å². The van der Waals surface area contributed by atoms with Gasteiger partial charge in [0, 0.05) is 11.1 Å². The highest BCUT2D eigenvalue weighted by atomic mass is 19.1. The Labute approximate surface area is 127 Å². The van der Waals surface area contributed by atoms with E-state index >= 15 is 0 Å². The number of amidine groups is 1. The van der Waals surface area contributed by atoms with Gasteiger partial charge in [0.25, 0.3) is 5.91 Å². The lowest BCUT2D eigenvalue weighted by Crippen LogP contribution is -2.24. The molecule has 2 aromatic carbocycles. The molecule has 3 rings (SSSR count). The average molecular weight is 296 g/mol. The van der Waals surface area contributed by atoms with Gasteiger partial charge < -0.3 is 10.1 Å². The highest BCUT2D eigenvalue weighted by Crippen LogP contribution is 2.22. The first kappa shape index (κ1) is 14.0. The van der Waals surface area contributed by atoms with E-state index in [9.17, 15) is 9.18 Å². The van der Waals surface area contributed by atoms with Crippen LogP contribution in [0.15, 0.2) is 59.2 Å². The second-order valence-corrected chi connectivity index (χ2v) is 4.69. The number of ether oxygens (including phenoxy) is 1. The number of benzene rings is 2. The number of hydrogen-bond acceptors (Lipinski definition) is 3. The lowest BCUT2D eigenvalue weighted by molar-refractivity contribution is -0.115. The predicted molar refractivity (Wildman–Crippen MR) is 82.1 cm³/mol. The molecular formula is C17H13FN2O2. The molecular weight excluding hydrogens is 283 g/mol. The number of nitrogens with one attached hydrogen (secondary N) is 1. The Kier molecular flexibility index (Phi) is 3.70.